The van der Waals surface area contributed by atoms with Crippen LogP contribution in [-0.2, 0) is 24.1 Å². The van der Waals surface area contributed by atoms with Crippen LogP contribution in [0.5, 0.6) is 11.5 Å². The monoisotopic (exact) mass is 367 g/mol. The van der Waals surface area contributed by atoms with E-state index in [0.29, 0.717) is 24.5 Å². The Morgan fingerprint density at radius 1 is 1.04 bits per heavy atom. The number of hydrogen-bond donors (Lipinski definition) is 1. The van der Waals surface area contributed by atoms with Gasteiger partial charge in [0.2, 0.25) is 5.91 Å². The molecule has 27 heavy (non-hydrogen) atoms. The van der Waals surface area contributed by atoms with Crippen LogP contribution < -0.4 is 14.8 Å². The molecular formula is C22H25NO4. The van der Waals surface area contributed by atoms with Crippen LogP contribution in [0.3, 0.4) is 0 Å². The predicted octanol–water partition coefficient (Wildman–Crippen LogP) is 3.91. The van der Waals surface area contributed by atoms with Crippen molar-refractivity contribution in [2.75, 3.05) is 20.8 Å². The summed E-state index contributed by atoms with van der Waals surface area (Å²) in [5.74, 6) is 1.38. The highest BCUT2D eigenvalue weighted by molar-refractivity contribution is 5.88. The summed E-state index contributed by atoms with van der Waals surface area (Å²) in [7, 11) is 3.23. The quantitative estimate of drug-likeness (QED) is 0.656. The highest BCUT2D eigenvalue weighted by Crippen LogP contribution is 2.27. The van der Waals surface area contributed by atoms with Crippen molar-refractivity contribution in [1.29, 1.82) is 0 Å². The van der Waals surface area contributed by atoms with Crippen LogP contribution >= 0.6 is 0 Å². The fourth-order valence-electron chi connectivity index (χ4n) is 3.10. The van der Waals surface area contributed by atoms with E-state index in [1.54, 1.807) is 20.5 Å². The summed E-state index contributed by atoms with van der Waals surface area (Å²) in [6.45, 7) is 2.67. The van der Waals surface area contributed by atoms with Crippen LogP contribution in [0.15, 0.2) is 47.1 Å². The predicted molar refractivity (Wildman–Crippen MR) is 106 cm³/mol. The molecule has 0 saturated heterocycles. The fourth-order valence-corrected chi connectivity index (χ4v) is 3.10. The minimum Gasteiger partial charge on any atom is -0.493 e. The maximum absolute atomic E-state index is 12.3. The first-order chi connectivity index (χ1) is 13.1. The molecule has 0 spiro atoms. The summed E-state index contributed by atoms with van der Waals surface area (Å²) in [6.07, 6.45) is 3.67. The van der Waals surface area contributed by atoms with E-state index in [2.05, 4.69) is 24.4 Å². The molecule has 3 aromatic rings. The van der Waals surface area contributed by atoms with Crippen molar-refractivity contribution < 1.29 is 18.7 Å². The van der Waals surface area contributed by atoms with Gasteiger partial charge >= 0.3 is 0 Å². The zero-order chi connectivity index (χ0) is 19.2. The van der Waals surface area contributed by atoms with Crippen molar-refractivity contribution in [3.63, 3.8) is 0 Å². The van der Waals surface area contributed by atoms with Crippen LogP contribution in [0, 0.1) is 0 Å². The number of amides is 1. The number of carbonyl (C=O) groups excluding carboxylic acids is 1. The number of furan rings is 1. The molecule has 0 fully saturated rings. The van der Waals surface area contributed by atoms with E-state index in [-0.39, 0.29) is 5.91 Å². The second-order valence-corrected chi connectivity index (χ2v) is 6.41. The van der Waals surface area contributed by atoms with Gasteiger partial charge in [0.15, 0.2) is 11.5 Å². The third-order valence-electron chi connectivity index (χ3n) is 4.66. The van der Waals surface area contributed by atoms with E-state index in [1.165, 1.54) is 5.56 Å². The van der Waals surface area contributed by atoms with Crippen LogP contribution in [0.1, 0.15) is 23.6 Å². The van der Waals surface area contributed by atoms with Crippen LogP contribution in [-0.4, -0.2) is 26.7 Å². The molecule has 0 aliphatic carbocycles. The molecule has 0 aliphatic heterocycles. The molecule has 1 N–H and O–H groups in total. The maximum atomic E-state index is 12.3. The maximum Gasteiger partial charge on any atom is 0.224 e. The first-order valence-electron chi connectivity index (χ1n) is 9.11. The zero-order valence-electron chi connectivity index (χ0n) is 16.0. The van der Waals surface area contributed by atoms with Crippen LogP contribution in [0.25, 0.3) is 11.0 Å². The highest BCUT2D eigenvalue weighted by Gasteiger charge is 2.11. The first-order valence-corrected chi connectivity index (χ1v) is 9.11. The number of rotatable bonds is 8. The lowest BCUT2D eigenvalue weighted by Crippen LogP contribution is -2.27. The summed E-state index contributed by atoms with van der Waals surface area (Å²) in [5.41, 5.74) is 4.05. The lowest BCUT2D eigenvalue weighted by Gasteiger charge is -2.10. The Morgan fingerprint density at radius 2 is 1.81 bits per heavy atom. The normalized spacial score (nSPS) is 10.8. The lowest BCUT2D eigenvalue weighted by molar-refractivity contribution is -0.120. The number of methoxy groups -OCH3 is 2. The van der Waals surface area contributed by atoms with Gasteiger partial charge in [-0.2, -0.15) is 0 Å². The molecule has 0 unspecified atom stereocenters. The molecule has 0 saturated carbocycles. The Hall–Kier alpha value is -2.95. The Labute approximate surface area is 159 Å². The third kappa shape index (κ3) is 4.42. The summed E-state index contributed by atoms with van der Waals surface area (Å²) in [6, 6.07) is 11.9. The minimum absolute atomic E-state index is 0.0138. The van der Waals surface area contributed by atoms with E-state index in [1.807, 2.05) is 24.3 Å². The lowest BCUT2D eigenvalue weighted by atomic mass is 10.1. The first kappa shape index (κ1) is 18.8. The molecule has 0 aliphatic rings. The van der Waals surface area contributed by atoms with Crippen molar-refractivity contribution in [2.45, 2.75) is 26.2 Å². The molecule has 0 atom stereocenters. The number of hydrogen-bond acceptors (Lipinski definition) is 4. The van der Waals surface area contributed by atoms with E-state index < -0.39 is 0 Å². The molecule has 1 amide bonds. The van der Waals surface area contributed by atoms with Gasteiger partial charge in [0.05, 0.1) is 26.9 Å². The second kappa shape index (κ2) is 8.62. The third-order valence-corrected chi connectivity index (χ3v) is 4.66. The molecule has 1 aromatic heterocycles. The van der Waals surface area contributed by atoms with Gasteiger partial charge in [-0.3, -0.25) is 4.79 Å². The van der Waals surface area contributed by atoms with Crippen LogP contribution in [0.2, 0.25) is 0 Å². The molecule has 0 radical (unpaired) electrons. The van der Waals surface area contributed by atoms with Gasteiger partial charge in [-0.15, -0.1) is 0 Å². The fraction of sp³-hybridized carbons (Fsp3) is 0.318. The molecule has 3 rings (SSSR count). The van der Waals surface area contributed by atoms with Crippen molar-refractivity contribution in [3.05, 3.63) is 59.4 Å². The average molecular weight is 367 g/mol. The molecular weight excluding hydrogens is 342 g/mol. The van der Waals surface area contributed by atoms with Crippen molar-refractivity contribution >= 4 is 16.9 Å². The molecule has 5 heteroatoms. The number of ether oxygens (including phenoxy) is 2. The summed E-state index contributed by atoms with van der Waals surface area (Å²) in [5, 5.41) is 3.99. The average Bonchev–Trinajstić information content (AvgIpc) is 3.09. The van der Waals surface area contributed by atoms with Gasteiger partial charge in [-0.1, -0.05) is 19.1 Å². The topological polar surface area (TPSA) is 60.7 Å². The number of carbonyl (C=O) groups is 1. The molecule has 2 aromatic carbocycles. The highest BCUT2D eigenvalue weighted by atomic mass is 16.5. The Bertz CT molecular complexity index is 929. The van der Waals surface area contributed by atoms with E-state index in [4.69, 9.17) is 13.9 Å². The number of aryl methyl sites for hydroxylation is 1. The second-order valence-electron chi connectivity index (χ2n) is 6.41. The summed E-state index contributed by atoms with van der Waals surface area (Å²) >= 11 is 0. The summed E-state index contributed by atoms with van der Waals surface area (Å²) in [4.78, 5) is 12.3. The number of benzene rings is 2. The van der Waals surface area contributed by atoms with Gasteiger partial charge in [-0.05, 0) is 48.2 Å². The molecule has 1 heterocycles. The minimum atomic E-state index is -0.0138. The van der Waals surface area contributed by atoms with Gasteiger partial charge in [0.25, 0.3) is 0 Å². The number of nitrogens with one attached hydrogen (secondary N) is 1. The Kier molecular flexibility index (Phi) is 6.01. The van der Waals surface area contributed by atoms with Crippen molar-refractivity contribution in [1.82, 2.24) is 5.32 Å². The van der Waals surface area contributed by atoms with Gasteiger partial charge in [-0.25, -0.2) is 0 Å². The van der Waals surface area contributed by atoms with E-state index in [0.717, 1.165) is 34.9 Å². The standard InChI is InChI=1S/C22H25NO4/c1-4-15-5-7-19-18(11-15)17(14-27-19)13-22(24)23-10-9-16-6-8-20(25-2)21(12-16)26-3/h5-8,11-12,14H,4,9-10,13H2,1-3H3,(H,23,24). The molecule has 5 nitrogen and oxygen atoms in total. The molecule has 0 bridgehead atoms. The van der Waals surface area contributed by atoms with Crippen molar-refractivity contribution in [2.24, 2.45) is 0 Å². The smallest absolute Gasteiger partial charge is 0.224 e. The Morgan fingerprint density at radius 3 is 2.56 bits per heavy atom. The van der Waals surface area contributed by atoms with Crippen LogP contribution in [0.4, 0.5) is 0 Å². The van der Waals surface area contributed by atoms with Crippen molar-refractivity contribution in [3.8, 4) is 11.5 Å². The number of fused-ring (bicyclic) bond motifs is 1. The SMILES string of the molecule is CCc1ccc2occ(CC(=O)NCCc3ccc(OC)c(OC)c3)c2c1. The van der Waals surface area contributed by atoms with Gasteiger partial charge in [0.1, 0.15) is 5.58 Å². The Balaban J connectivity index is 1.57. The van der Waals surface area contributed by atoms with E-state index >= 15 is 0 Å². The van der Waals surface area contributed by atoms with Gasteiger partial charge < -0.3 is 19.2 Å². The largest absolute Gasteiger partial charge is 0.493 e. The molecule has 142 valence electrons. The van der Waals surface area contributed by atoms with Gasteiger partial charge in [0, 0.05) is 17.5 Å². The summed E-state index contributed by atoms with van der Waals surface area (Å²) < 4.78 is 16.1. The van der Waals surface area contributed by atoms with E-state index in [9.17, 15) is 4.79 Å². The zero-order valence-corrected chi connectivity index (χ0v) is 16.0.